The van der Waals surface area contributed by atoms with Crippen LogP contribution >= 0.6 is 79.1 Å². The molecule has 4 aliphatic rings. The Morgan fingerprint density at radius 3 is 1.68 bits per heavy atom. The average Bonchev–Trinajstić information content (AvgIpc) is 3.33. The molecule has 0 radical (unpaired) electrons. The van der Waals surface area contributed by atoms with Crippen molar-refractivity contribution in [1.29, 1.82) is 0 Å². The second kappa shape index (κ2) is 18.2. The molecule has 2 fully saturated rings. The molecule has 0 saturated carbocycles. The molecule has 0 bridgehead atoms. The van der Waals surface area contributed by atoms with Crippen molar-refractivity contribution in [3.63, 3.8) is 0 Å². The van der Waals surface area contributed by atoms with E-state index in [0.29, 0.717) is 24.4 Å². The number of halogens is 6. The maximum Gasteiger partial charge on any atom is 0.135 e. The number of fused-ring (bicyclic) bond motifs is 4. The van der Waals surface area contributed by atoms with Crippen LogP contribution in [0, 0.1) is 0 Å². The molecule has 4 aromatic rings. The fourth-order valence-electron chi connectivity index (χ4n) is 6.89. The van der Waals surface area contributed by atoms with Crippen molar-refractivity contribution >= 4 is 90.6 Å². The number of aryl methyl sites for hydroxylation is 4. The SMILES string of the molecule is Cl.Clc1ccc2c(c1)CCc1cc(Br)cnc1C2Cl.O=C1CCN(C2c3ccc(Cl)cc3CCc3cc(Br)cnc32)CC1.O=C1CCNCC1. The zero-order valence-electron chi connectivity index (χ0n) is 27.4. The van der Waals surface area contributed by atoms with Crippen molar-refractivity contribution in [2.45, 2.75) is 62.8 Å². The van der Waals surface area contributed by atoms with E-state index in [1.54, 1.807) is 6.20 Å². The normalized spacial score (nSPS) is 19.7. The third-order valence-electron chi connectivity index (χ3n) is 9.42. The monoisotopic (exact) mass is 880 g/mol. The predicted molar refractivity (Wildman–Crippen MR) is 211 cm³/mol. The summed E-state index contributed by atoms with van der Waals surface area (Å²) in [6.07, 6.45) is 10.2. The number of carbonyl (C=O) groups excluding carboxylic acids is 2. The first-order chi connectivity index (χ1) is 23.7. The molecular weight excluding hydrogens is 846 g/mol. The van der Waals surface area contributed by atoms with Crippen molar-refractivity contribution in [1.82, 2.24) is 20.2 Å². The Bertz CT molecular complexity index is 1730. The first-order valence-electron chi connectivity index (χ1n) is 16.6. The molecule has 2 aromatic heterocycles. The summed E-state index contributed by atoms with van der Waals surface area (Å²) in [7, 11) is 0. The zero-order chi connectivity index (χ0) is 34.5. The van der Waals surface area contributed by atoms with E-state index in [1.807, 2.05) is 30.5 Å². The van der Waals surface area contributed by atoms with Gasteiger partial charge in [0.15, 0.2) is 0 Å². The van der Waals surface area contributed by atoms with E-state index in [4.69, 9.17) is 39.8 Å². The van der Waals surface area contributed by atoms with Crippen LogP contribution in [0.25, 0.3) is 0 Å². The van der Waals surface area contributed by atoms with Gasteiger partial charge < -0.3 is 5.32 Å². The summed E-state index contributed by atoms with van der Waals surface area (Å²) in [4.78, 5) is 33.7. The smallest absolute Gasteiger partial charge is 0.135 e. The average molecular weight is 884 g/mol. The maximum atomic E-state index is 11.7. The van der Waals surface area contributed by atoms with Gasteiger partial charge in [-0.1, -0.05) is 35.3 Å². The minimum Gasteiger partial charge on any atom is -0.316 e. The lowest BCUT2D eigenvalue weighted by molar-refractivity contribution is -0.122. The number of piperidine rings is 2. The van der Waals surface area contributed by atoms with Gasteiger partial charge in [0, 0.05) is 83.2 Å². The number of ketones is 2. The highest BCUT2D eigenvalue weighted by atomic mass is 79.9. The van der Waals surface area contributed by atoms with E-state index in [0.717, 1.165) is 101 Å². The molecule has 0 amide bonds. The number of hydrogen-bond donors (Lipinski definition) is 1. The number of nitrogens with zero attached hydrogens (tertiary/aromatic N) is 3. The molecule has 2 aliphatic heterocycles. The van der Waals surface area contributed by atoms with Gasteiger partial charge in [0.1, 0.15) is 16.9 Å². The molecule has 2 unspecified atom stereocenters. The van der Waals surface area contributed by atoms with Crippen molar-refractivity contribution < 1.29 is 9.59 Å². The first-order valence-corrected chi connectivity index (χ1v) is 19.4. The van der Waals surface area contributed by atoms with Crippen LogP contribution in [-0.4, -0.2) is 52.6 Å². The molecule has 2 aliphatic carbocycles. The Hall–Kier alpha value is -1.88. The van der Waals surface area contributed by atoms with E-state index in [9.17, 15) is 9.59 Å². The molecule has 12 heteroatoms. The van der Waals surface area contributed by atoms with Crippen LogP contribution in [0.1, 0.15) is 81.9 Å². The molecule has 264 valence electrons. The molecule has 4 heterocycles. The summed E-state index contributed by atoms with van der Waals surface area (Å²) in [5.74, 6) is 0.763. The third kappa shape index (κ3) is 9.75. The number of rotatable bonds is 1. The minimum absolute atomic E-state index is 0. The van der Waals surface area contributed by atoms with Crippen molar-refractivity contribution in [3.8, 4) is 0 Å². The second-order valence-electron chi connectivity index (χ2n) is 12.7. The number of aromatic nitrogens is 2. The molecule has 50 heavy (non-hydrogen) atoms. The zero-order valence-corrected chi connectivity index (χ0v) is 33.6. The molecule has 0 spiro atoms. The number of nitrogens with one attached hydrogen (secondary N) is 1. The minimum atomic E-state index is -0.192. The quantitative estimate of drug-likeness (QED) is 0.192. The van der Waals surface area contributed by atoms with Gasteiger partial charge in [0.25, 0.3) is 0 Å². The van der Waals surface area contributed by atoms with E-state index < -0.39 is 0 Å². The fraction of sp³-hybridized carbons (Fsp3) is 0.368. The Morgan fingerprint density at radius 2 is 1.12 bits per heavy atom. The summed E-state index contributed by atoms with van der Waals surface area (Å²) in [6.45, 7) is 3.36. The number of carbonyl (C=O) groups is 2. The molecule has 1 N–H and O–H groups in total. The van der Waals surface area contributed by atoms with Gasteiger partial charge in [-0.15, -0.1) is 24.0 Å². The van der Waals surface area contributed by atoms with Gasteiger partial charge in [0.2, 0.25) is 0 Å². The molecular formula is C38H38Br2Cl4N4O2. The van der Waals surface area contributed by atoms with Crippen LogP contribution in [0.15, 0.2) is 69.9 Å². The Balaban J connectivity index is 0.000000164. The maximum absolute atomic E-state index is 11.7. The van der Waals surface area contributed by atoms with Crippen LogP contribution in [-0.2, 0) is 35.3 Å². The third-order valence-corrected chi connectivity index (χ3v) is 11.2. The summed E-state index contributed by atoms with van der Waals surface area (Å²) in [5, 5.41) is 4.44. The largest absolute Gasteiger partial charge is 0.316 e. The summed E-state index contributed by atoms with van der Waals surface area (Å²) in [6, 6.07) is 16.5. The van der Waals surface area contributed by atoms with Gasteiger partial charge >= 0.3 is 0 Å². The predicted octanol–water partition coefficient (Wildman–Crippen LogP) is 9.64. The first kappa shape index (κ1) is 39.3. The van der Waals surface area contributed by atoms with Crippen LogP contribution in [0.5, 0.6) is 0 Å². The molecule has 2 saturated heterocycles. The summed E-state index contributed by atoms with van der Waals surface area (Å²) >= 11 is 25.9. The topological polar surface area (TPSA) is 75.2 Å². The Morgan fingerprint density at radius 1 is 0.640 bits per heavy atom. The van der Waals surface area contributed by atoms with Gasteiger partial charge in [-0.2, -0.15) is 0 Å². The highest BCUT2D eigenvalue weighted by Crippen LogP contribution is 2.39. The van der Waals surface area contributed by atoms with Gasteiger partial charge in [-0.3, -0.25) is 24.5 Å². The van der Waals surface area contributed by atoms with Gasteiger partial charge in [-0.05, 0) is 127 Å². The molecule has 2 atom stereocenters. The van der Waals surface area contributed by atoms with Crippen molar-refractivity contribution in [3.05, 3.63) is 125 Å². The molecule has 2 aromatic carbocycles. The molecule has 6 nitrogen and oxygen atoms in total. The standard InChI is InChI=1S/C19H18BrClN2O.C14H10BrCl2N.C5H9NO.ClH/c20-14-9-13-2-1-12-10-15(21)3-4-17(12)19(18(13)22-11-14)23-7-5-16(24)6-8-23;15-10-5-9-2-1-8-6-11(16)3-4-12(8)13(17)14(9)18-7-10;7-5-1-3-6-4-2-5;/h3-4,9-11,19H,1-2,5-8H2;3-7,13H,1-2H2;6H,1-4H2;1H. The van der Waals surface area contributed by atoms with E-state index in [1.165, 1.54) is 27.8 Å². The van der Waals surface area contributed by atoms with Crippen LogP contribution in [0.2, 0.25) is 10.0 Å². The van der Waals surface area contributed by atoms with Crippen molar-refractivity contribution in [2.75, 3.05) is 26.2 Å². The molecule has 8 rings (SSSR count). The van der Waals surface area contributed by atoms with Crippen molar-refractivity contribution in [2.24, 2.45) is 0 Å². The second-order valence-corrected chi connectivity index (χ2v) is 15.9. The lowest BCUT2D eigenvalue weighted by Crippen LogP contribution is -2.38. The van der Waals surface area contributed by atoms with Crippen LogP contribution in [0.3, 0.4) is 0 Å². The van der Waals surface area contributed by atoms with E-state index in [-0.39, 0.29) is 23.8 Å². The fourth-order valence-corrected chi connectivity index (χ4v) is 8.45. The van der Waals surface area contributed by atoms with E-state index in [2.05, 4.69) is 71.3 Å². The summed E-state index contributed by atoms with van der Waals surface area (Å²) in [5.41, 5.74) is 9.47. The van der Waals surface area contributed by atoms with E-state index >= 15 is 0 Å². The number of hydrogen-bond acceptors (Lipinski definition) is 6. The Labute approximate surface area is 331 Å². The number of pyridine rings is 2. The lowest BCUT2D eigenvalue weighted by atomic mass is 9.94. The number of Topliss-reactive ketones (excluding diaryl/α,β-unsaturated/α-hetero) is 2. The number of alkyl halides is 1. The van der Waals surface area contributed by atoms with Crippen LogP contribution < -0.4 is 5.32 Å². The highest BCUT2D eigenvalue weighted by Gasteiger charge is 2.32. The highest BCUT2D eigenvalue weighted by molar-refractivity contribution is 9.10. The Kier molecular flexibility index (Phi) is 14.4. The lowest BCUT2D eigenvalue weighted by Gasteiger charge is -2.35. The number of likely N-dealkylation sites (tertiary alicyclic amines) is 1. The van der Waals surface area contributed by atoms with Crippen LogP contribution in [0.4, 0.5) is 0 Å². The van der Waals surface area contributed by atoms with Gasteiger partial charge in [0.05, 0.1) is 17.4 Å². The number of benzene rings is 2. The summed E-state index contributed by atoms with van der Waals surface area (Å²) < 4.78 is 2.01. The van der Waals surface area contributed by atoms with Gasteiger partial charge in [-0.25, -0.2) is 0 Å².